The van der Waals surface area contributed by atoms with E-state index in [1.807, 2.05) is 0 Å². The van der Waals surface area contributed by atoms with Crippen molar-refractivity contribution in [3.05, 3.63) is 0 Å². The lowest BCUT2D eigenvalue weighted by molar-refractivity contribution is -0.0595. The van der Waals surface area contributed by atoms with E-state index in [2.05, 4.69) is 9.47 Å². The third-order valence-corrected chi connectivity index (χ3v) is 0.610. The lowest BCUT2D eigenvalue weighted by atomic mass is 10.8. The van der Waals surface area contributed by atoms with Gasteiger partial charge in [0.25, 0.3) is 0 Å². The molecule has 0 aromatic rings. The summed E-state index contributed by atoms with van der Waals surface area (Å²) in [6.45, 7) is -1.04. The number of ether oxygens (including phenoxy) is 2. The normalized spacial score (nSPS) is 10.0. The van der Waals surface area contributed by atoms with E-state index < -0.39 is 13.3 Å². The fraction of sp³-hybridized carbons (Fsp3) is 1.00. The van der Waals surface area contributed by atoms with Crippen molar-refractivity contribution in [2.45, 2.75) is 0 Å². The largest absolute Gasteiger partial charge is 0.353 e. The van der Waals surface area contributed by atoms with Gasteiger partial charge in [-0.3, -0.25) is 0 Å². The maximum absolute atomic E-state index is 11.2. The summed E-state index contributed by atoms with van der Waals surface area (Å²) in [4.78, 5) is 0. The number of hydrogen-bond donors (Lipinski definition) is 0. The zero-order valence-electron chi connectivity index (χ0n) is 5.11. The Morgan fingerprint density at radius 3 is 1.67 bits per heavy atom. The molecular formula is C5H10F2O2. The molecule has 0 saturated heterocycles. The molecule has 0 aliphatic carbocycles. The Morgan fingerprint density at radius 2 is 1.33 bits per heavy atom. The molecular weight excluding hydrogens is 130 g/mol. The minimum atomic E-state index is -0.529. The minimum Gasteiger partial charge on any atom is -0.353 e. The summed E-state index contributed by atoms with van der Waals surface area (Å²) in [5, 5.41) is 0. The molecule has 0 unspecified atom stereocenters. The van der Waals surface area contributed by atoms with Gasteiger partial charge >= 0.3 is 0 Å². The van der Waals surface area contributed by atoms with Crippen LogP contribution >= 0.6 is 0 Å². The highest BCUT2D eigenvalue weighted by Gasteiger charge is 1.85. The van der Waals surface area contributed by atoms with Gasteiger partial charge in [0.1, 0.15) is 20.1 Å². The van der Waals surface area contributed by atoms with Crippen LogP contribution in [0.5, 0.6) is 0 Å². The third kappa shape index (κ3) is 7.78. The predicted molar refractivity (Wildman–Crippen MR) is 28.7 cm³/mol. The molecule has 2 nitrogen and oxygen atoms in total. The Balaban J connectivity index is 2.60. The maximum Gasteiger partial charge on any atom is 0.146 e. The zero-order chi connectivity index (χ0) is 6.95. The molecule has 0 heterocycles. The Labute approximate surface area is 52.8 Å². The summed E-state index contributed by atoms with van der Waals surface area (Å²) < 4.78 is 31.5. The quantitative estimate of drug-likeness (QED) is 0.403. The summed E-state index contributed by atoms with van der Waals surface area (Å²) >= 11 is 0. The Bertz CT molecular complexity index is 46.2. The van der Waals surface area contributed by atoms with Gasteiger partial charge in [0.2, 0.25) is 0 Å². The molecule has 0 amide bonds. The van der Waals surface area contributed by atoms with Crippen molar-refractivity contribution in [1.82, 2.24) is 0 Å². The van der Waals surface area contributed by atoms with E-state index in [1.54, 1.807) is 0 Å². The van der Waals surface area contributed by atoms with Crippen molar-refractivity contribution in [1.29, 1.82) is 0 Å². The van der Waals surface area contributed by atoms with E-state index in [9.17, 15) is 8.78 Å². The van der Waals surface area contributed by atoms with Crippen LogP contribution < -0.4 is 0 Å². The molecule has 9 heavy (non-hydrogen) atoms. The van der Waals surface area contributed by atoms with Crippen molar-refractivity contribution in [2.24, 2.45) is 0 Å². The summed E-state index contributed by atoms with van der Waals surface area (Å²) in [6.07, 6.45) is 0. The van der Waals surface area contributed by atoms with E-state index in [4.69, 9.17) is 0 Å². The van der Waals surface area contributed by atoms with Gasteiger partial charge in [0, 0.05) is 0 Å². The second-order valence-electron chi connectivity index (χ2n) is 1.31. The van der Waals surface area contributed by atoms with Crippen molar-refractivity contribution in [3.8, 4) is 0 Å². The van der Waals surface area contributed by atoms with Gasteiger partial charge in [-0.25, -0.2) is 8.78 Å². The molecule has 0 N–H and O–H groups in total. The second kappa shape index (κ2) is 7.78. The average molecular weight is 140 g/mol. The van der Waals surface area contributed by atoms with Crippen LogP contribution in [0.2, 0.25) is 0 Å². The van der Waals surface area contributed by atoms with Crippen molar-refractivity contribution in [3.63, 3.8) is 0 Å². The van der Waals surface area contributed by atoms with Crippen LogP contribution in [-0.4, -0.2) is 33.4 Å². The topological polar surface area (TPSA) is 18.5 Å². The van der Waals surface area contributed by atoms with E-state index in [0.717, 1.165) is 0 Å². The molecule has 0 aliphatic heterocycles. The number of alkyl halides is 2. The molecule has 0 bridgehead atoms. The summed E-state index contributed by atoms with van der Waals surface area (Å²) in [6, 6.07) is 0. The molecule has 0 aromatic carbocycles. The van der Waals surface area contributed by atoms with Gasteiger partial charge < -0.3 is 9.47 Å². The van der Waals surface area contributed by atoms with Crippen molar-refractivity contribution < 1.29 is 18.3 Å². The fourth-order valence-corrected chi connectivity index (χ4v) is 0.286. The van der Waals surface area contributed by atoms with Crippen molar-refractivity contribution in [2.75, 3.05) is 33.4 Å². The van der Waals surface area contributed by atoms with Crippen LogP contribution in [-0.2, 0) is 9.47 Å². The zero-order valence-corrected chi connectivity index (χ0v) is 5.11. The van der Waals surface area contributed by atoms with Crippen LogP contribution in [0.3, 0.4) is 0 Å². The standard InChI is InChI=1S/C5H10F2O2/c6-1-3-8-5-9-4-2-7/h1-5H2. The van der Waals surface area contributed by atoms with Crippen LogP contribution in [0.1, 0.15) is 0 Å². The lowest BCUT2D eigenvalue weighted by Crippen LogP contribution is -2.04. The summed E-state index contributed by atoms with van der Waals surface area (Å²) in [5.74, 6) is 0. The first-order valence-electron chi connectivity index (χ1n) is 2.69. The molecule has 0 atom stereocenters. The van der Waals surface area contributed by atoms with Crippen molar-refractivity contribution >= 4 is 0 Å². The van der Waals surface area contributed by atoms with Gasteiger partial charge in [-0.1, -0.05) is 0 Å². The Kier molecular flexibility index (Phi) is 7.59. The number of hydrogen-bond acceptors (Lipinski definition) is 2. The predicted octanol–water partition coefficient (Wildman–Crippen LogP) is 0.916. The monoisotopic (exact) mass is 140 g/mol. The SMILES string of the molecule is FCCOCOCCF. The maximum atomic E-state index is 11.2. The summed E-state index contributed by atoms with van der Waals surface area (Å²) in [5.41, 5.74) is 0. The van der Waals surface area contributed by atoms with Crippen LogP contribution in [0, 0.1) is 0 Å². The van der Waals surface area contributed by atoms with Crippen LogP contribution in [0.25, 0.3) is 0 Å². The number of rotatable bonds is 6. The van der Waals surface area contributed by atoms with Crippen LogP contribution in [0.4, 0.5) is 8.78 Å². The molecule has 56 valence electrons. The first-order chi connectivity index (χ1) is 4.41. The van der Waals surface area contributed by atoms with Gasteiger partial charge in [0.05, 0.1) is 13.2 Å². The van der Waals surface area contributed by atoms with E-state index in [0.29, 0.717) is 0 Å². The highest BCUT2D eigenvalue weighted by molar-refractivity contribution is 4.21. The Morgan fingerprint density at radius 1 is 0.889 bits per heavy atom. The molecule has 0 radical (unpaired) electrons. The van der Waals surface area contributed by atoms with E-state index in [-0.39, 0.29) is 20.0 Å². The first-order valence-corrected chi connectivity index (χ1v) is 2.69. The lowest BCUT2D eigenvalue weighted by Gasteiger charge is -1.99. The molecule has 0 fully saturated rings. The van der Waals surface area contributed by atoms with Gasteiger partial charge in [0.15, 0.2) is 0 Å². The molecule has 0 rings (SSSR count). The molecule has 4 heteroatoms. The molecule has 0 aliphatic rings. The first kappa shape index (κ1) is 8.78. The van der Waals surface area contributed by atoms with E-state index >= 15 is 0 Å². The highest BCUT2D eigenvalue weighted by Crippen LogP contribution is 1.79. The average Bonchev–Trinajstić information content (AvgIpc) is 1.89. The Hall–Kier alpha value is -0.220. The third-order valence-electron chi connectivity index (χ3n) is 0.610. The van der Waals surface area contributed by atoms with Gasteiger partial charge in [-0.2, -0.15) is 0 Å². The number of halogens is 2. The molecule has 0 spiro atoms. The van der Waals surface area contributed by atoms with Crippen LogP contribution in [0.15, 0.2) is 0 Å². The van der Waals surface area contributed by atoms with E-state index in [1.165, 1.54) is 0 Å². The minimum absolute atomic E-state index is 0.0200. The molecule has 0 saturated carbocycles. The molecule has 0 aromatic heterocycles. The summed E-state index contributed by atoms with van der Waals surface area (Å²) in [7, 11) is 0. The highest BCUT2D eigenvalue weighted by atomic mass is 19.1. The second-order valence-corrected chi connectivity index (χ2v) is 1.31. The fourth-order valence-electron chi connectivity index (χ4n) is 0.286. The van der Waals surface area contributed by atoms with Gasteiger partial charge in [-0.05, 0) is 0 Å². The van der Waals surface area contributed by atoms with Gasteiger partial charge in [-0.15, -0.1) is 0 Å². The smallest absolute Gasteiger partial charge is 0.146 e.